The number of rotatable bonds is 3. The second-order valence-electron chi connectivity index (χ2n) is 1.72. The van der Waals surface area contributed by atoms with Crippen molar-refractivity contribution in [2.45, 2.75) is 12.5 Å². The summed E-state index contributed by atoms with van der Waals surface area (Å²) in [6.07, 6.45) is 2.07. The van der Waals surface area contributed by atoms with E-state index < -0.39 is 12.0 Å². The van der Waals surface area contributed by atoms with Crippen LogP contribution in [0.4, 0.5) is 0 Å². The summed E-state index contributed by atoms with van der Waals surface area (Å²) in [6, 6.07) is -0.847. The summed E-state index contributed by atoms with van der Waals surface area (Å²) in [4.78, 5) is 10.2. The Bertz CT molecular complexity index is 149. The highest BCUT2D eigenvalue weighted by molar-refractivity contribution is 8.22. The molecule has 0 aromatic carbocycles. The molecule has 0 saturated heterocycles. The molecule has 0 rings (SSSR count). The molecule has 5 heteroatoms. The van der Waals surface area contributed by atoms with Crippen LogP contribution in [0.15, 0.2) is 0 Å². The van der Waals surface area contributed by atoms with Crippen LogP contribution in [0.25, 0.3) is 0 Å². The van der Waals surface area contributed by atoms with Crippen LogP contribution in [0.3, 0.4) is 0 Å². The smallest absolute Gasteiger partial charge is 0.320 e. The monoisotopic (exact) mass is 179 g/mol. The van der Waals surface area contributed by atoms with E-state index in [0.717, 1.165) is 0 Å². The normalized spacial score (nSPS) is 12.6. The van der Waals surface area contributed by atoms with Crippen molar-refractivity contribution in [2.24, 2.45) is 5.73 Å². The average Bonchev–Trinajstić information content (AvgIpc) is 1.87. The predicted octanol–water partition coefficient (Wildman–Crippen LogP) is 0.479. The van der Waals surface area contributed by atoms with Crippen LogP contribution in [0.1, 0.15) is 6.42 Å². The Labute approximate surface area is 69.0 Å². The summed E-state index contributed by atoms with van der Waals surface area (Å²) in [7, 11) is 0. The van der Waals surface area contributed by atoms with Crippen LogP contribution in [-0.2, 0) is 4.79 Å². The molecule has 0 fully saturated rings. The maximum Gasteiger partial charge on any atom is 0.320 e. The van der Waals surface area contributed by atoms with Gasteiger partial charge in [-0.15, -0.1) is 11.8 Å². The molecule has 0 saturated carbocycles. The summed E-state index contributed by atoms with van der Waals surface area (Å²) >= 11 is 6.13. The number of nitrogens with two attached hydrogens (primary N) is 1. The average molecular weight is 179 g/mol. The van der Waals surface area contributed by atoms with Gasteiger partial charge in [-0.25, -0.2) is 0 Å². The van der Waals surface area contributed by atoms with E-state index in [1.807, 2.05) is 0 Å². The van der Waals surface area contributed by atoms with E-state index in [0.29, 0.717) is 4.20 Å². The van der Waals surface area contributed by atoms with Crippen LogP contribution < -0.4 is 5.73 Å². The molecular formula is C5H9NO2S2. The van der Waals surface area contributed by atoms with Crippen molar-refractivity contribution in [1.82, 2.24) is 0 Å². The molecule has 0 aliphatic carbocycles. The summed E-state index contributed by atoms with van der Waals surface area (Å²) in [5.74, 6) is -1.00. The third-order valence-corrected chi connectivity index (χ3v) is 2.22. The molecule has 0 radical (unpaired) electrons. The molecule has 0 amide bonds. The Balaban J connectivity index is 3.68. The molecule has 3 nitrogen and oxygen atoms in total. The molecule has 0 heterocycles. The van der Waals surface area contributed by atoms with E-state index >= 15 is 0 Å². The van der Waals surface area contributed by atoms with Crippen LogP contribution in [0.2, 0.25) is 0 Å². The maximum atomic E-state index is 10.2. The first-order valence-electron chi connectivity index (χ1n) is 2.63. The molecule has 0 aromatic rings. The zero-order chi connectivity index (χ0) is 8.15. The molecule has 3 N–H and O–H groups in total. The number of hydrogen-bond acceptors (Lipinski definition) is 4. The van der Waals surface area contributed by atoms with Crippen molar-refractivity contribution in [2.75, 3.05) is 6.26 Å². The molecule has 0 aliphatic rings. The van der Waals surface area contributed by atoms with E-state index in [2.05, 4.69) is 0 Å². The topological polar surface area (TPSA) is 63.3 Å². The number of carboxylic acids is 1. The van der Waals surface area contributed by atoms with Crippen molar-refractivity contribution in [3.8, 4) is 0 Å². The van der Waals surface area contributed by atoms with E-state index in [-0.39, 0.29) is 6.42 Å². The van der Waals surface area contributed by atoms with Crippen molar-refractivity contribution >= 4 is 34.1 Å². The molecule has 0 bridgehead atoms. The number of carboxylic acid groups (broad SMARTS) is 1. The van der Waals surface area contributed by atoms with Gasteiger partial charge >= 0.3 is 5.97 Å². The minimum absolute atomic E-state index is 0.270. The van der Waals surface area contributed by atoms with Gasteiger partial charge in [0.2, 0.25) is 0 Å². The first-order valence-corrected chi connectivity index (χ1v) is 4.26. The molecule has 10 heavy (non-hydrogen) atoms. The quantitative estimate of drug-likeness (QED) is 0.617. The van der Waals surface area contributed by atoms with E-state index in [1.165, 1.54) is 11.8 Å². The SMILES string of the molecule is CSC(=S)C[C@H](N)C(=O)O. The lowest BCUT2D eigenvalue weighted by atomic mass is 10.2. The highest BCUT2D eigenvalue weighted by atomic mass is 32.2. The summed E-state index contributed by atoms with van der Waals surface area (Å²) in [5, 5.41) is 8.33. The molecular weight excluding hydrogens is 170 g/mol. The van der Waals surface area contributed by atoms with E-state index in [4.69, 9.17) is 23.1 Å². The third-order valence-electron chi connectivity index (χ3n) is 0.931. The van der Waals surface area contributed by atoms with Crippen LogP contribution in [0, 0.1) is 0 Å². The maximum absolute atomic E-state index is 10.2. The van der Waals surface area contributed by atoms with Crippen LogP contribution >= 0.6 is 24.0 Å². The second kappa shape index (κ2) is 4.65. The first-order chi connectivity index (χ1) is 4.57. The standard InChI is InChI=1S/C5H9NO2S2/c1-10-4(9)2-3(6)5(7)8/h3H,2,6H2,1H3,(H,7,8)/t3-/m0/s1. The van der Waals surface area contributed by atoms with Gasteiger partial charge in [0.1, 0.15) is 6.04 Å². The molecule has 58 valence electrons. The third kappa shape index (κ3) is 3.81. The molecule has 0 aliphatic heterocycles. The number of carbonyl (C=O) groups is 1. The van der Waals surface area contributed by atoms with Crippen LogP contribution in [0.5, 0.6) is 0 Å². The lowest BCUT2D eigenvalue weighted by Crippen LogP contribution is -2.31. The van der Waals surface area contributed by atoms with Gasteiger partial charge in [-0.1, -0.05) is 12.2 Å². The Kier molecular flexibility index (Phi) is 4.59. The van der Waals surface area contributed by atoms with Gasteiger partial charge in [0.25, 0.3) is 0 Å². The molecule has 1 atom stereocenters. The fraction of sp³-hybridized carbons (Fsp3) is 0.600. The number of hydrogen-bond donors (Lipinski definition) is 2. The molecule has 0 unspecified atom stereocenters. The predicted molar refractivity (Wildman–Crippen MR) is 46.3 cm³/mol. The van der Waals surface area contributed by atoms with Gasteiger partial charge in [-0.05, 0) is 6.26 Å². The van der Waals surface area contributed by atoms with Gasteiger partial charge in [0, 0.05) is 10.6 Å². The number of thiocarbonyl (C=S) groups is 1. The van der Waals surface area contributed by atoms with Crippen molar-refractivity contribution in [3.63, 3.8) is 0 Å². The number of thioether (sulfide) groups is 1. The Morgan fingerprint density at radius 1 is 1.90 bits per heavy atom. The van der Waals surface area contributed by atoms with Gasteiger partial charge in [-0.2, -0.15) is 0 Å². The molecule has 0 spiro atoms. The summed E-state index contributed by atoms with van der Waals surface area (Å²) in [5.41, 5.74) is 5.19. The van der Waals surface area contributed by atoms with E-state index in [1.54, 1.807) is 6.26 Å². The van der Waals surface area contributed by atoms with Gasteiger partial charge in [0.15, 0.2) is 0 Å². The largest absolute Gasteiger partial charge is 0.480 e. The highest BCUT2D eigenvalue weighted by Crippen LogP contribution is 2.04. The zero-order valence-corrected chi connectivity index (χ0v) is 7.17. The minimum Gasteiger partial charge on any atom is -0.480 e. The van der Waals surface area contributed by atoms with Gasteiger partial charge in [-0.3, -0.25) is 4.79 Å². The number of aliphatic carboxylic acids is 1. The van der Waals surface area contributed by atoms with Crippen molar-refractivity contribution < 1.29 is 9.90 Å². The lowest BCUT2D eigenvalue weighted by Gasteiger charge is -2.03. The Hall–Kier alpha value is -0.130. The minimum atomic E-state index is -1.00. The fourth-order valence-electron chi connectivity index (χ4n) is 0.350. The van der Waals surface area contributed by atoms with Gasteiger partial charge < -0.3 is 10.8 Å². The van der Waals surface area contributed by atoms with Gasteiger partial charge in [0.05, 0.1) is 0 Å². The zero-order valence-electron chi connectivity index (χ0n) is 5.53. The second-order valence-corrected chi connectivity index (χ2v) is 3.38. The lowest BCUT2D eigenvalue weighted by molar-refractivity contribution is -0.138. The highest BCUT2D eigenvalue weighted by Gasteiger charge is 2.12. The van der Waals surface area contributed by atoms with Crippen molar-refractivity contribution in [3.05, 3.63) is 0 Å². The molecule has 0 aromatic heterocycles. The Morgan fingerprint density at radius 2 is 2.40 bits per heavy atom. The van der Waals surface area contributed by atoms with Crippen LogP contribution in [-0.4, -0.2) is 27.6 Å². The summed E-state index contributed by atoms with van der Waals surface area (Å²) in [6.45, 7) is 0. The van der Waals surface area contributed by atoms with Crippen molar-refractivity contribution in [1.29, 1.82) is 0 Å². The van der Waals surface area contributed by atoms with E-state index in [9.17, 15) is 4.79 Å². The fourth-order valence-corrected chi connectivity index (χ4v) is 0.876. The summed E-state index contributed by atoms with van der Waals surface area (Å²) < 4.78 is 0.634. The Morgan fingerprint density at radius 3 is 2.70 bits per heavy atom. The first kappa shape index (κ1) is 9.87.